The van der Waals surface area contributed by atoms with Gasteiger partial charge < -0.3 is 9.47 Å². The molecule has 0 aliphatic carbocycles. The second kappa shape index (κ2) is 6.75. The van der Waals surface area contributed by atoms with Gasteiger partial charge in [0.25, 0.3) is 0 Å². The summed E-state index contributed by atoms with van der Waals surface area (Å²) >= 11 is 0. The number of carbonyl (C=O) groups excluding carboxylic acids is 2. The molecule has 0 bridgehead atoms. The highest BCUT2D eigenvalue weighted by molar-refractivity contribution is 5.83. The monoisotopic (exact) mass is 275 g/mol. The number of nitrogens with zero attached hydrogens (tertiary/aromatic N) is 1. The first kappa shape index (κ1) is 14.1. The van der Waals surface area contributed by atoms with Crippen LogP contribution in [0, 0.1) is 0 Å². The Morgan fingerprint density at radius 1 is 1.45 bits per heavy atom. The lowest BCUT2D eigenvalue weighted by Crippen LogP contribution is -2.38. The molecule has 1 fully saturated rings. The first-order chi connectivity index (χ1) is 9.72. The summed E-state index contributed by atoms with van der Waals surface area (Å²) in [5.41, 5.74) is 0.898. The number of esters is 1. The van der Waals surface area contributed by atoms with E-state index in [-0.39, 0.29) is 19.3 Å². The van der Waals surface area contributed by atoms with Gasteiger partial charge in [-0.3, -0.25) is 4.90 Å². The Kier molecular flexibility index (Phi) is 4.76. The number of carbonyl (C=O) groups is 2. The molecule has 5 heteroatoms. The molecule has 1 aliphatic rings. The van der Waals surface area contributed by atoms with E-state index >= 15 is 0 Å². The van der Waals surface area contributed by atoms with E-state index < -0.39 is 12.1 Å². The third kappa shape index (κ3) is 3.38. The molecule has 1 saturated heterocycles. The van der Waals surface area contributed by atoms with E-state index in [9.17, 15) is 9.59 Å². The molecule has 5 nitrogen and oxygen atoms in total. The maximum atomic E-state index is 12.0. The average Bonchev–Trinajstić information content (AvgIpc) is 2.85. The van der Waals surface area contributed by atoms with Crippen molar-refractivity contribution in [1.29, 1.82) is 0 Å². The number of allylic oxidation sites excluding steroid dienone is 1. The molecule has 106 valence electrons. The lowest BCUT2D eigenvalue weighted by molar-refractivity contribution is -0.139. The Labute approximate surface area is 117 Å². The number of amides is 1. The lowest BCUT2D eigenvalue weighted by Gasteiger charge is -2.19. The van der Waals surface area contributed by atoms with Crippen LogP contribution in [0.25, 0.3) is 0 Å². The second-order valence-electron chi connectivity index (χ2n) is 4.48. The third-order valence-electron chi connectivity index (χ3n) is 3.08. The van der Waals surface area contributed by atoms with E-state index in [0.29, 0.717) is 12.8 Å². The summed E-state index contributed by atoms with van der Waals surface area (Å²) in [5.74, 6) is -0.386. The number of ether oxygens (including phenoxy) is 2. The van der Waals surface area contributed by atoms with Gasteiger partial charge in [0.2, 0.25) is 0 Å². The molecule has 0 spiro atoms. The molecule has 0 saturated carbocycles. The Balaban J connectivity index is 1.90. The number of hydrogen-bond donors (Lipinski definition) is 0. The van der Waals surface area contributed by atoms with Crippen LogP contribution < -0.4 is 0 Å². The highest BCUT2D eigenvalue weighted by Crippen LogP contribution is 2.18. The summed E-state index contributed by atoms with van der Waals surface area (Å²) in [6.45, 7) is 3.74. The summed E-state index contributed by atoms with van der Waals surface area (Å²) in [6.07, 6.45) is 2.32. The molecule has 0 N–H and O–H groups in total. The first-order valence-electron chi connectivity index (χ1n) is 6.47. The molecule has 0 unspecified atom stereocenters. The van der Waals surface area contributed by atoms with E-state index in [1.54, 1.807) is 6.08 Å². The molecule has 1 heterocycles. The average molecular weight is 275 g/mol. The maximum absolute atomic E-state index is 12.0. The minimum Gasteiger partial charge on any atom is -0.444 e. The summed E-state index contributed by atoms with van der Waals surface area (Å²) in [4.78, 5) is 24.9. The van der Waals surface area contributed by atoms with Gasteiger partial charge in [0, 0.05) is 0 Å². The van der Waals surface area contributed by atoms with Crippen LogP contribution in [0.3, 0.4) is 0 Å². The largest absolute Gasteiger partial charge is 0.444 e. The number of benzene rings is 1. The lowest BCUT2D eigenvalue weighted by atomic mass is 10.1. The smallest absolute Gasteiger partial charge is 0.413 e. The maximum Gasteiger partial charge on any atom is 0.413 e. The van der Waals surface area contributed by atoms with Crippen molar-refractivity contribution in [2.75, 3.05) is 6.73 Å². The van der Waals surface area contributed by atoms with Crippen LogP contribution >= 0.6 is 0 Å². The van der Waals surface area contributed by atoms with Gasteiger partial charge in [-0.1, -0.05) is 36.4 Å². The van der Waals surface area contributed by atoms with Crippen LogP contribution in [0.4, 0.5) is 4.79 Å². The van der Waals surface area contributed by atoms with Crippen LogP contribution in [0.1, 0.15) is 18.4 Å². The fourth-order valence-electron chi connectivity index (χ4n) is 1.98. The fraction of sp³-hybridized carbons (Fsp3) is 0.333. The zero-order valence-corrected chi connectivity index (χ0v) is 11.2. The van der Waals surface area contributed by atoms with Crippen molar-refractivity contribution in [3.63, 3.8) is 0 Å². The summed E-state index contributed by atoms with van der Waals surface area (Å²) in [5, 5.41) is 0. The number of rotatable bonds is 5. The molecule has 0 aromatic heterocycles. The van der Waals surface area contributed by atoms with Crippen molar-refractivity contribution in [1.82, 2.24) is 4.90 Å². The van der Waals surface area contributed by atoms with E-state index in [4.69, 9.17) is 9.47 Å². The van der Waals surface area contributed by atoms with Gasteiger partial charge in [0.05, 0.1) is 0 Å². The molecule has 0 radical (unpaired) electrons. The molecule has 1 aliphatic heterocycles. The van der Waals surface area contributed by atoms with Crippen molar-refractivity contribution < 1.29 is 19.1 Å². The topological polar surface area (TPSA) is 55.8 Å². The molecule has 1 aromatic carbocycles. The van der Waals surface area contributed by atoms with E-state index in [1.165, 1.54) is 4.90 Å². The van der Waals surface area contributed by atoms with Crippen molar-refractivity contribution >= 4 is 12.1 Å². The molecule has 1 aromatic rings. The van der Waals surface area contributed by atoms with Crippen molar-refractivity contribution in [3.8, 4) is 0 Å². The summed E-state index contributed by atoms with van der Waals surface area (Å²) in [7, 11) is 0. The standard InChI is InChI=1S/C15H17NO4/c1-2-3-9-13-14(17)20-11-16(13)15(18)19-10-12-7-5-4-6-8-12/h2,4-8,13H,1,3,9-11H2/t13-/m0/s1. The molecule has 2 rings (SSSR count). The van der Waals surface area contributed by atoms with E-state index in [1.807, 2.05) is 30.3 Å². The van der Waals surface area contributed by atoms with Gasteiger partial charge in [0.15, 0.2) is 6.73 Å². The van der Waals surface area contributed by atoms with Crippen molar-refractivity contribution in [3.05, 3.63) is 48.6 Å². The SMILES string of the molecule is C=CCC[C@H]1C(=O)OCN1C(=O)OCc1ccccc1. The van der Waals surface area contributed by atoms with Gasteiger partial charge >= 0.3 is 12.1 Å². The molecular weight excluding hydrogens is 258 g/mol. The van der Waals surface area contributed by atoms with E-state index in [2.05, 4.69) is 6.58 Å². The van der Waals surface area contributed by atoms with Crippen LogP contribution in [-0.4, -0.2) is 29.7 Å². The van der Waals surface area contributed by atoms with Gasteiger partial charge in [-0.2, -0.15) is 0 Å². The van der Waals surface area contributed by atoms with Crippen molar-refractivity contribution in [2.45, 2.75) is 25.5 Å². The Hall–Kier alpha value is -2.30. The summed E-state index contributed by atoms with van der Waals surface area (Å²) < 4.78 is 10.1. The highest BCUT2D eigenvalue weighted by atomic mass is 16.6. The quantitative estimate of drug-likeness (QED) is 0.612. The number of hydrogen-bond acceptors (Lipinski definition) is 4. The fourth-order valence-corrected chi connectivity index (χ4v) is 1.98. The predicted molar refractivity (Wildman–Crippen MR) is 72.6 cm³/mol. The minimum atomic E-state index is -0.573. The normalized spacial score (nSPS) is 17.7. The third-order valence-corrected chi connectivity index (χ3v) is 3.08. The second-order valence-corrected chi connectivity index (χ2v) is 4.48. The minimum absolute atomic E-state index is 0.0474. The predicted octanol–water partition coefficient (Wildman–Crippen LogP) is 2.47. The zero-order chi connectivity index (χ0) is 14.4. The molecule has 20 heavy (non-hydrogen) atoms. The first-order valence-corrected chi connectivity index (χ1v) is 6.47. The van der Waals surface area contributed by atoms with Crippen LogP contribution in [0.2, 0.25) is 0 Å². The van der Waals surface area contributed by atoms with Crippen molar-refractivity contribution in [2.24, 2.45) is 0 Å². The molecule has 1 amide bonds. The van der Waals surface area contributed by atoms with Gasteiger partial charge in [-0.05, 0) is 18.4 Å². The zero-order valence-electron chi connectivity index (χ0n) is 11.2. The molecule has 1 atom stereocenters. The van der Waals surface area contributed by atoms with Crippen LogP contribution in [0.15, 0.2) is 43.0 Å². The highest BCUT2D eigenvalue weighted by Gasteiger charge is 2.38. The van der Waals surface area contributed by atoms with Crippen LogP contribution in [-0.2, 0) is 20.9 Å². The van der Waals surface area contributed by atoms with E-state index in [0.717, 1.165) is 5.56 Å². The van der Waals surface area contributed by atoms with Gasteiger partial charge in [-0.15, -0.1) is 6.58 Å². The van der Waals surface area contributed by atoms with Gasteiger partial charge in [-0.25, -0.2) is 9.59 Å². The Bertz CT molecular complexity index is 486. The molecular formula is C15H17NO4. The Morgan fingerprint density at radius 3 is 2.90 bits per heavy atom. The Morgan fingerprint density at radius 2 is 2.20 bits per heavy atom. The van der Waals surface area contributed by atoms with Gasteiger partial charge in [0.1, 0.15) is 12.6 Å². The summed E-state index contributed by atoms with van der Waals surface area (Å²) in [6, 6.07) is 8.81. The number of cyclic esters (lactones) is 1. The van der Waals surface area contributed by atoms with Crippen LogP contribution in [0.5, 0.6) is 0 Å².